The van der Waals surface area contributed by atoms with Gasteiger partial charge in [0.2, 0.25) is 0 Å². The lowest BCUT2D eigenvalue weighted by atomic mass is 10.1. The average Bonchev–Trinajstić information content (AvgIpc) is 2.77. The Morgan fingerprint density at radius 1 is 1.47 bits per heavy atom. The van der Waals surface area contributed by atoms with E-state index in [4.69, 9.17) is 10.5 Å². The lowest BCUT2D eigenvalue weighted by Gasteiger charge is -2.21. The van der Waals surface area contributed by atoms with E-state index in [1.165, 1.54) is 11.3 Å². The summed E-state index contributed by atoms with van der Waals surface area (Å²) in [4.78, 5) is 2.36. The molecule has 1 atom stereocenters. The molecule has 1 unspecified atom stereocenters. The Hall–Kier alpha value is -1.06. The third-order valence-electron chi connectivity index (χ3n) is 3.03. The quantitative estimate of drug-likeness (QED) is 0.811. The van der Waals surface area contributed by atoms with Gasteiger partial charge in [0.15, 0.2) is 0 Å². The van der Waals surface area contributed by atoms with Gasteiger partial charge in [0, 0.05) is 32.4 Å². The minimum Gasteiger partial charge on any atom is -0.380 e. The predicted molar refractivity (Wildman–Crippen MR) is 62.0 cm³/mol. The first-order valence-electron chi connectivity index (χ1n) is 5.41. The summed E-state index contributed by atoms with van der Waals surface area (Å²) in [5.41, 5.74) is 8.21. The maximum Gasteiger partial charge on any atom is 0.0762 e. The van der Waals surface area contributed by atoms with Crippen LogP contribution >= 0.6 is 0 Å². The molecule has 82 valence electrons. The van der Waals surface area contributed by atoms with Crippen molar-refractivity contribution in [1.29, 1.82) is 0 Å². The van der Waals surface area contributed by atoms with E-state index in [-0.39, 0.29) is 0 Å². The standard InChI is InChI=1S/C12H18N2O/c1-15-11-6-7-14(9-11)12-5-3-2-4-10(12)8-13/h2-5,11H,6-9,13H2,1H3. The maximum absolute atomic E-state index is 5.73. The van der Waals surface area contributed by atoms with E-state index >= 15 is 0 Å². The first-order valence-corrected chi connectivity index (χ1v) is 5.41. The Balaban J connectivity index is 2.16. The van der Waals surface area contributed by atoms with Gasteiger partial charge in [-0.2, -0.15) is 0 Å². The number of hydrogen-bond donors (Lipinski definition) is 1. The van der Waals surface area contributed by atoms with Crippen molar-refractivity contribution in [2.24, 2.45) is 5.73 Å². The van der Waals surface area contributed by atoms with E-state index in [9.17, 15) is 0 Å². The lowest BCUT2D eigenvalue weighted by molar-refractivity contribution is 0.121. The Kier molecular flexibility index (Phi) is 3.23. The van der Waals surface area contributed by atoms with Crippen LogP contribution in [0.25, 0.3) is 0 Å². The lowest BCUT2D eigenvalue weighted by Crippen LogP contribution is -2.23. The fourth-order valence-corrected chi connectivity index (χ4v) is 2.13. The van der Waals surface area contributed by atoms with Crippen molar-refractivity contribution in [2.45, 2.75) is 19.1 Å². The van der Waals surface area contributed by atoms with Crippen LogP contribution in [-0.2, 0) is 11.3 Å². The van der Waals surface area contributed by atoms with Gasteiger partial charge in [-0.1, -0.05) is 18.2 Å². The molecule has 3 heteroatoms. The van der Waals surface area contributed by atoms with E-state index in [0.717, 1.165) is 19.5 Å². The van der Waals surface area contributed by atoms with Crippen LogP contribution in [0.4, 0.5) is 5.69 Å². The predicted octanol–water partition coefficient (Wildman–Crippen LogP) is 1.37. The van der Waals surface area contributed by atoms with Crippen LogP contribution in [0.3, 0.4) is 0 Å². The molecule has 0 radical (unpaired) electrons. The largest absolute Gasteiger partial charge is 0.380 e. The molecule has 2 N–H and O–H groups in total. The molecule has 1 aromatic rings. The minimum absolute atomic E-state index is 0.371. The van der Waals surface area contributed by atoms with Crippen LogP contribution in [-0.4, -0.2) is 26.3 Å². The summed E-state index contributed by atoms with van der Waals surface area (Å²) in [6.45, 7) is 2.65. The smallest absolute Gasteiger partial charge is 0.0762 e. The maximum atomic E-state index is 5.73. The third-order valence-corrected chi connectivity index (χ3v) is 3.03. The number of methoxy groups -OCH3 is 1. The molecule has 0 amide bonds. The van der Waals surface area contributed by atoms with Crippen molar-refractivity contribution in [1.82, 2.24) is 0 Å². The van der Waals surface area contributed by atoms with Crippen LogP contribution in [0.1, 0.15) is 12.0 Å². The summed E-state index contributed by atoms with van der Waals surface area (Å²) in [5, 5.41) is 0. The summed E-state index contributed by atoms with van der Waals surface area (Å²) in [7, 11) is 1.78. The molecule has 1 fully saturated rings. The average molecular weight is 206 g/mol. The highest BCUT2D eigenvalue weighted by Crippen LogP contribution is 2.24. The molecule has 2 rings (SSSR count). The second-order valence-corrected chi connectivity index (χ2v) is 3.93. The number of rotatable bonds is 3. The molecule has 0 aliphatic carbocycles. The molecule has 0 aromatic heterocycles. The number of nitrogens with zero attached hydrogens (tertiary/aromatic N) is 1. The minimum atomic E-state index is 0.371. The van der Waals surface area contributed by atoms with Gasteiger partial charge in [-0.3, -0.25) is 0 Å². The van der Waals surface area contributed by atoms with Crippen LogP contribution in [0.2, 0.25) is 0 Å². The summed E-state index contributed by atoms with van der Waals surface area (Å²) < 4.78 is 5.36. The fourth-order valence-electron chi connectivity index (χ4n) is 2.13. The molecular formula is C12H18N2O. The number of para-hydroxylation sites is 1. The van der Waals surface area contributed by atoms with Gasteiger partial charge >= 0.3 is 0 Å². The van der Waals surface area contributed by atoms with Crippen LogP contribution in [0.5, 0.6) is 0 Å². The molecule has 3 nitrogen and oxygen atoms in total. The summed E-state index contributed by atoms with van der Waals surface area (Å²) in [5.74, 6) is 0. The van der Waals surface area contributed by atoms with E-state index in [1.54, 1.807) is 7.11 Å². The van der Waals surface area contributed by atoms with E-state index in [0.29, 0.717) is 12.6 Å². The van der Waals surface area contributed by atoms with Crippen LogP contribution in [0.15, 0.2) is 24.3 Å². The van der Waals surface area contributed by atoms with Crippen molar-refractivity contribution in [3.8, 4) is 0 Å². The topological polar surface area (TPSA) is 38.5 Å². The van der Waals surface area contributed by atoms with Crippen molar-refractivity contribution < 1.29 is 4.74 Å². The number of hydrogen-bond acceptors (Lipinski definition) is 3. The van der Waals surface area contributed by atoms with Crippen LogP contribution in [0, 0.1) is 0 Å². The van der Waals surface area contributed by atoms with Crippen molar-refractivity contribution in [2.75, 3.05) is 25.1 Å². The van der Waals surface area contributed by atoms with Gasteiger partial charge < -0.3 is 15.4 Å². The SMILES string of the molecule is COC1CCN(c2ccccc2CN)C1. The van der Waals surface area contributed by atoms with Gasteiger partial charge in [0.25, 0.3) is 0 Å². The Morgan fingerprint density at radius 3 is 2.93 bits per heavy atom. The highest BCUT2D eigenvalue weighted by Gasteiger charge is 2.23. The summed E-state index contributed by atoms with van der Waals surface area (Å²) in [6, 6.07) is 8.33. The van der Waals surface area contributed by atoms with Crippen LogP contribution < -0.4 is 10.6 Å². The fraction of sp³-hybridized carbons (Fsp3) is 0.500. The second-order valence-electron chi connectivity index (χ2n) is 3.93. The zero-order chi connectivity index (χ0) is 10.7. The van der Waals surface area contributed by atoms with E-state index in [1.807, 2.05) is 6.07 Å². The molecule has 0 saturated carbocycles. The molecule has 0 spiro atoms. The monoisotopic (exact) mass is 206 g/mol. The molecule has 15 heavy (non-hydrogen) atoms. The van der Waals surface area contributed by atoms with Gasteiger partial charge in [-0.05, 0) is 18.1 Å². The molecule has 1 saturated heterocycles. The molecule has 1 aliphatic rings. The zero-order valence-electron chi connectivity index (χ0n) is 9.15. The van der Waals surface area contributed by atoms with Gasteiger partial charge in [0.1, 0.15) is 0 Å². The van der Waals surface area contributed by atoms with Crippen molar-refractivity contribution >= 4 is 5.69 Å². The summed E-state index contributed by atoms with van der Waals surface area (Å²) >= 11 is 0. The normalized spacial score (nSPS) is 20.9. The number of nitrogens with two attached hydrogens (primary N) is 1. The second kappa shape index (κ2) is 4.64. The molecular weight excluding hydrogens is 188 g/mol. The van der Waals surface area contributed by atoms with E-state index < -0.39 is 0 Å². The third kappa shape index (κ3) is 2.13. The highest BCUT2D eigenvalue weighted by atomic mass is 16.5. The first kappa shape index (κ1) is 10.5. The van der Waals surface area contributed by atoms with Gasteiger partial charge in [-0.15, -0.1) is 0 Å². The van der Waals surface area contributed by atoms with Crippen molar-refractivity contribution in [3.63, 3.8) is 0 Å². The van der Waals surface area contributed by atoms with Gasteiger partial charge in [0.05, 0.1) is 6.10 Å². The first-order chi connectivity index (χ1) is 7.35. The molecule has 0 bridgehead atoms. The van der Waals surface area contributed by atoms with Gasteiger partial charge in [-0.25, -0.2) is 0 Å². The molecule has 1 heterocycles. The highest BCUT2D eigenvalue weighted by molar-refractivity contribution is 5.54. The number of benzene rings is 1. The Bertz CT molecular complexity index is 327. The van der Waals surface area contributed by atoms with E-state index in [2.05, 4.69) is 23.1 Å². The Labute approximate surface area is 90.8 Å². The number of anilines is 1. The van der Waals surface area contributed by atoms with Crippen molar-refractivity contribution in [3.05, 3.63) is 29.8 Å². The zero-order valence-corrected chi connectivity index (χ0v) is 9.15. The Morgan fingerprint density at radius 2 is 2.27 bits per heavy atom. The molecule has 1 aromatic carbocycles. The number of ether oxygens (including phenoxy) is 1. The molecule has 1 aliphatic heterocycles. The summed E-state index contributed by atoms with van der Waals surface area (Å²) in [6.07, 6.45) is 1.48.